The molecule has 0 heterocycles. The number of thioether (sulfide) groups is 1. The van der Waals surface area contributed by atoms with E-state index in [1.54, 1.807) is 19.1 Å². The molecule has 0 fully saturated rings. The van der Waals surface area contributed by atoms with Crippen LogP contribution in [0.1, 0.15) is 5.56 Å². The molecule has 2 aromatic carbocycles. The Labute approximate surface area is 131 Å². The molecule has 22 heavy (non-hydrogen) atoms. The second kappa shape index (κ2) is 6.53. The Hall–Kier alpha value is -1.80. The molecule has 2 aromatic rings. The molecule has 8 heteroatoms. The highest BCUT2D eigenvalue weighted by molar-refractivity contribution is 7.99. The summed E-state index contributed by atoms with van der Waals surface area (Å²) in [6, 6.07) is 10.3. The van der Waals surface area contributed by atoms with Crippen LogP contribution in [0.15, 0.2) is 52.3 Å². The first-order chi connectivity index (χ1) is 10.3. The molecule has 4 nitrogen and oxygen atoms in total. The van der Waals surface area contributed by atoms with Gasteiger partial charge in [0.25, 0.3) is 15.8 Å². The highest BCUT2D eigenvalue weighted by Gasteiger charge is 2.17. The molecule has 0 atom stereocenters. The van der Waals surface area contributed by atoms with Gasteiger partial charge in [-0.1, -0.05) is 17.8 Å². The van der Waals surface area contributed by atoms with Crippen LogP contribution in [-0.2, 0) is 10.0 Å². The standard InChI is InChI=1S/C14H14F2N2O2S2/c1-9-2-3-10(17)8-13(9)22(19,20)18-11-4-6-12(7-5-11)21-14(15)16/h2-8,14,18H,17H2,1H3. The van der Waals surface area contributed by atoms with Gasteiger partial charge in [-0.25, -0.2) is 8.42 Å². The van der Waals surface area contributed by atoms with Crippen LogP contribution in [0.5, 0.6) is 0 Å². The second-order valence-electron chi connectivity index (χ2n) is 4.53. The van der Waals surface area contributed by atoms with Gasteiger partial charge in [0.2, 0.25) is 0 Å². The largest absolute Gasteiger partial charge is 0.399 e. The van der Waals surface area contributed by atoms with Crippen molar-refractivity contribution in [1.82, 2.24) is 0 Å². The van der Waals surface area contributed by atoms with Gasteiger partial charge in [-0.05, 0) is 48.9 Å². The lowest BCUT2D eigenvalue weighted by Gasteiger charge is -2.11. The molecular weight excluding hydrogens is 330 g/mol. The minimum absolute atomic E-state index is 0.0820. The van der Waals surface area contributed by atoms with E-state index >= 15 is 0 Å². The molecule has 0 aliphatic rings. The van der Waals surface area contributed by atoms with Gasteiger partial charge in [0.05, 0.1) is 4.90 Å². The fourth-order valence-corrected chi connectivity index (χ4v) is 3.66. The molecule has 0 saturated carbocycles. The monoisotopic (exact) mass is 344 g/mol. The van der Waals surface area contributed by atoms with Gasteiger partial charge in [-0.3, -0.25) is 4.72 Å². The van der Waals surface area contributed by atoms with E-state index in [1.807, 2.05) is 0 Å². The first kappa shape index (κ1) is 16.6. The summed E-state index contributed by atoms with van der Waals surface area (Å²) in [4.78, 5) is 0.441. The smallest absolute Gasteiger partial charge is 0.288 e. The molecule has 3 N–H and O–H groups in total. The molecular formula is C14H14F2N2O2S2. The van der Waals surface area contributed by atoms with Crippen LogP contribution in [0.25, 0.3) is 0 Å². The van der Waals surface area contributed by atoms with Crippen molar-refractivity contribution in [2.75, 3.05) is 10.5 Å². The number of nitrogens with two attached hydrogens (primary N) is 1. The predicted molar refractivity (Wildman–Crippen MR) is 84.7 cm³/mol. The fourth-order valence-electron chi connectivity index (χ4n) is 1.82. The van der Waals surface area contributed by atoms with Crippen molar-refractivity contribution >= 4 is 33.2 Å². The minimum Gasteiger partial charge on any atom is -0.399 e. The molecule has 0 bridgehead atoms. The van der Waals surface area contributed by atoms with Crippen molar-refractivity contribution in [2.24, 2.45) is 0 Å². The minimum atomic E-state index is -3.79. The van der Waals surface area contributed by atoms with Gasteiger partial charge in [-0.2, -0.15) is 8.78 Å². The Balaban J connectivity index is 2.23. The van der Waals surface area contributed by atoms with Gasteiger partial charge in [0, 0.05) is 16.3 Å². The Morgan fingerprint density at radius 3 is 2.36 bits per heavy atom. The zero-order valence-corrected chi connectivity index (χ0v) is 13.2. The Kier molecular flexibility index (Phi) is 4.92. The molecule has 0 aromatic heterocycles. The van der Waals surface area contributed by atoms with Crippen molar-refractivity contribution in [3.8, 4) is 0 Å². The maximum atomic E-state index is 12.3. The quantitative estimate of drug-likeness (QED) is 0.641. The van der Waals surface area contributed by atoms with Crippen molar-refractivity contribution in [1.29, 1.82) is 0 Å². The Morgan fingerprint density at radius 2 is 1.77 bits per heavy atom. The zero-order valence-electron chi connectivity index (χ0n) is 11.6. The predicted octanol–water partition coefficient (Wildman–Crippen LogP) is 3.69. The van der Waals surface area contributed by atoms with Crippen LogP contribution in [0.2, 0.25) is 0 Å². The van der Waals surface area contributed by atoms with Crippen molar-refractivity contribution in [2.45, 2.75) is 22.5 Å². The number of sulfonamides is 1. The SMILES string of the molecule is Cc1ccc(N)cc1S(=O)(=O)Nc1ccc(SC(F)F)cc1. The van der Waals surface area contributed by atoms with E-state index in [1.165, 1.54) is 30.3 Å². The molecule has 0 saturated heterocycles. The first-order valence-electron chi connectivity index (χ1n) is 6.22. The number of hydrogen-bond donors (Lipinski definition) is 2. The van der Waals surface area contributed by atoms with Gasteiger partial charge in [0.15, 0.2) is 0 Å². The summed E-state index contributed by atoms with van der Waals surface area (Å²) in [5.74, 6) is -2.52. The number of benzene rings is 2. The lowest BCUT2D eigenvalue weighted by atomic mass is 10.2. The number of aryl methyl sites for hydroxylation is 1. The second-order valence-corrected chi connectivity index (χ2v) is 7.25. The average molecular weight is 344 g/mol. The summed E-state index contributed by atoms with van der Waals surface area (Å²) < 4.78 is 51.6. The van der Waals surface area contributed by atoms with E-state index < -0.39 is 15.8 Å². The normalized spacial score (nSPS) is 11.6. The summed E-state index contributed by atoms with van der Waals surface area (Å²) in [7, 11) is -3.79. The molecule has 0 amide bonds. The van der Waals surface area contributed by atoms with Crippen LogP contribution in [0.3, 0.4) is 0 Å². The summed E-state index contributed by atoms with van der Waals surface area (Å²) in [6.45, 7) is 1.66. The van der Waals surface area contributed by atoms with Gasteiger partial charge in [-0.15, -0.1) is 0 Å². The number of nitrogens with one attached hydrogen (secondary N) is 1. The zero-order chi connectivity index (χ0) is 16.3. The lowest BCUT2D eigenvalue weighted by molar-refractivity contribution is 0.252. The van der Waals surface area contributed by atoms with Crippen LogP contribution in [0, 0.1) is 6.92 Å². The van der Waals surface area contributed by atoms with Gasteiger partial charge in [0.1, 0.15) is 0 Å². The maximum Gasteiger partial charge on any atom is 0.288 e. The summed E-state index contributed by atoms with van der Waals surface area (Å²) in [5.41, 5.74) is 6.81. The van der Waals surface area contributed by atoms with E-state index in [2.05, 4.69) is 4.72 Å². The number of nitrogen functional groups attached to an aromatic ring is 1. The number of hydrogen-bond acceptors (Lipinski definition) is 4. The summed E-state index contributed by atoms with van der Waals surface area (Å²) in [6.07, 6.45) is 0. The number of alkyl halides is 2. The van der Waals surface area contributed by atoms with E-state index in [9.17, 15) is 17.2 Å². The maximum absolute atomic E-state index is 12.3. The highest BCUT2D eigenvalue weighted by Crippen LogP contribution is 2.27. The lowest BCUT2D eigenvalue weighted by Crippen LogP contribution is -2.14. The van der Waals surface area contributed by atoms with E-state index in [-0.39, 0.29) is 4.90 Å². The van der Waals surface area contributed by atoms with Crippen molar-refractivity contribution < 1.29 is 17.2 Å². The third kappa shape index (κ3) is 4.11. The topological polar surface area (TPSA) is 72.2 Å². The van der Waals surface area contributed by atoms with Crippen LogP contribution in [0.4, 0.5) is 20.2 Å². The summed E-state index contributed by atoms with van der Waals surface area (Å²) in [5, 5.41) is 0. The highest BCUT2D eigenvalue weighted by atomic mass is 32.2. The third-order valence-electron chi connectivity index (χ3n) is 2.83. The first-order valence-corrected chi connectivity index (χ1v) is 8.58. The fraction of sp³-hybridized carbons (Fsp3) is 0.143. The van der Waals surface area contributed by atoms with Crippen molar-refractivity contribution in [3.63, 3.8) is 0 Å². The van der Waals surface area contributed by atoms with E-state index in [4.69, 9.17) is 5.73 Å². The van der Waals surface area contributed by atoms with Crippen molar-refractivity contribution in [3.05, 3.63) is 48.0 Å². The number of halogens is 2. The number of anilines is 2. The third-order valence-corrected chi connectivity index (χ3v) is 5.08. The molecule has 0 radical (unpaired) electrons. The van der Waals surface area contributed by atoms with E-state index in [0.29, 0.717) is 33.6 Å². The molecule has 0 aliphatic carbocycles. The molecule has 2 rings (SSSR count). The van der Waals surface area contributed by atoms with Crippen LogP contribution in [-0.4, -0.2) is 14.2 Å². The molecule has 0 unspecified atom stereocenters. The Bertz CT molecular complexity index is 763. The molecule has 0 spiro atoms. The van der Waals surface area contributed by atoms with Gasteiger partial charge >= 0.3 is 0 Å². The van der Waals surface area contributed by atoms with Gasteiger partial charge < -0.3 is 5.73 Å². The van der Waals surface area contributed by atoms with Crippen LogP contribution < -0.4 is 10.5 Å². The average Bonchev–Trinajstić information content (AvgIpc) is 2.43. The molecule has 0 aliphatic heterocycles. The Morgan fingerprint density at radius 1 is 1.14 bits per heavy atom. The molecule has 118 valence electrons. The summed E-state index contributed by atoms with van der Waals surface area (Å²) >= 11 is 0.399. The van der Waals surface area contributed by atoms with E-state index in [0.717, 1.165) is 0 Å². The van der Waals surface area contributed by atoms with Crippen LogP contribution >= 0.6 is 11.8 Å². The number of rotatable bonds is 5.